The smallest absolute Gasteiger partial charge is 0.0517 e. The van der Waals surface area contributed by atoms with Gasteiger partial charge in [-0.25, -0.2) is 0 Å². The molecule has 0 aliphatic carbocycles. The minimum absolute atomic E-state index is 1.16. The van der Waals surface area contributed by atoms with Crippen LogP contribution in [0.1, 0.15) is 0 Å². The molecule has 2 aromatic rings. The second kappa shape index (κ2) is 5.80. The third-order valence-corrected chi connectivity index (χ3v) is 1.69. The normalized spacial score (nSPS) is 8.71. The van der Waals surface area contributed by atoms with E-state index in [-0.39, 0.29) is 0 Å². The van der Waals surface area contributed by atoms with Crippen molar-refractivity contribution < 1.29 is 0 Å². The Morgan fingerprint density at radius 3 is 2.14 bits per heavy atom. The molecule has 0 radical (unpaired) electrons. The summed E-state index contributed by atoms with van der Waals surface area (Å²) in [6, 6.07) is 7.74. The molecule has 1 N–H and O–H groups in total. The lowest BCUT2D eigenvalue weighted by Crippen LogP contribution is -1.84. The summed E-state index contributed by atoms with van der Waals surface area (Å²) in [5.41, 5.74) is 1.16. The van der Waals surface area contributed by atoms with Crippen LogP contribution in [-0.2, 0) is 7.05 Å². The van der Waals surface area contributed by atoms with Gasteiger partial charge in [-0.1, -0.05) is 6.07 Å². The largest absolute Gasteiger partial charge is 0.387 e. The number of anilines is 1. The van der Waals surface area contributed by atoms with Crippen LogP contribution in [0.15, 0.2) is 49.1 Å². The van der Waals surface area contributed by atoms with Gasteiger partial charge in [-0.3, -0.25) is 4.98 Å². The van der Waals surface area contributed by atoms with E-state index in [1.807, 2.05) is 55.3 Å². The molecule has 14 heavy (non-hydrogen) atoms. The molecule has 2 aromatic heterocycles. The lowest BCUT2D eigenvalue weighted by molar-refractivity contribution is 0.928. The Morgan fingerprint density at radius 1 is 1.21 bits per heavy atom. The molecule has 74 valence electrons. The van der Waals surface area contributed by atoms with Crippen LogP contribution < -0.4 is 5.32 Å². The van der Waals surface area contributed by atoms with E-state index in [9.17, 15) is 0 Å². The van der Waals surface area contributed by atoms with Crippen molar-refractivity contribution in [1.82, 2.24) is 9.55 Å². The molecule has 3 nitrogen and oxygen atoms in total. The van der Waals surface area contributed by atoms with Gasteiger partial charge in [-0.05, 0) is 18.2 Å². The zero-order valence-corrected chi connectivity index (χ0v) is 8.51. The van der Waals surface area contributed by atoms with E-state index < -0.39 is 0 Å². The summed E-state index contributed by atoms with van der Waals surface area (Å²) in [6.45, 7) is 0. The number of rotatable bonds is 1. The maximum absolute atomic E-state index is 3.78. The molecule has 0 bridgehead atoms. The van der Waals surface area contributed by atoms with Crippen molar-refractivity contribution in [3.8, 4) is 0 Å². The molecule has 0 saturated heterocycles. The number of nitrogens with zero attached hydrogens (tertiary/aromatic N) is 2. The van der Waals surface area contributed by atoms with Crippen molar-refractivity contribution in [3.05, 3.63) is 49.1 Å². The fraction of sp³-hybridized carbons (Fsp3) is 0.182. The van der Waals surface area contributed by atoms with Gasteiger partial charge >= 0.3 is 0 Å². The first-order valence-electron chi connectivity index (χ1n) is 4.47. The highest BCUT2D eigenvalue weighted by atomic mass is 14.9. The second-order valence-electron chi connectivity index (χ2n) is 2.84. The number of hydrogen-bond acceptors (Lipinski definition) is 2. The monoisotopic (exact) mass is 189 g/mol. The Bertz CT molecular complexity index is 314. The number of aryl methyl sites for hydroxylation is 1. The third kappa shape index (κ3) is 3.76. The van der Waals surface area contributed by atoms with Crippen molar-refractivity contribution in [2.45, 2.75) is 0 Å². The Morgan fingerprint density at radius 2 is 1.93 bits per heavy atom. The van der Waals surface area contributed by atoms with Crippen LogP contribution in [0, 0.1) is 0 Å². The average Bonchev–Trinajstić information content (AvgIpc) is 2.68. The molecular formula is C11H15N3. The van der Waals surface area contributed by atoms with Gasteiger partial charge in [-0.2, -0.15) is 0 Å². The van der Waals surface area contributed by atoms with Crippen LogP contribution in [0.3, 0.4) is 0 Å². The lowest BCUT2D eigenvalue weighted by atomic mass is 10.5. The third-order valence-electron chi connectivity index (χ3n) is 1.69. The molecule has 0 aliphatic heterocycles. The van der Waals surface area contributed by atoms with Crippen LogP contribution in [-0.4, -0.2) is 16.6 Å². The summed E-state index contributed by atoms with van der Waals surface area (Å²) in [4.78, 5) is 3.78. The van der Waals surface area contributed by atoms with E-state index in [4.69, 9.17) is 0 Å². The van der Waals surface area contributed by atoms with Crippen LogP contribution in [0.5, 0.6) is 0 Å². The van der Waals surface area contributed by atoms with Crippen molar-refractivity contribution >= 4 is 5.69 Å². The molecule has 3 heteroatoms. The van der Waals surface area contributed by atoms with Crippen molar-refractivity contribution in [3.63, 3.8) is 0 Å². The number of pyridine rings is 1. The van der Waals surface area contributed by atoms with Gasteiger partial charge in [0.05, 0.1) is 5.69 Å². The molecule has 0 amide bonds. The van der Waals surface area contributed by atoms with Gasteiger partial charge in [-0.15, -0.1) is 0 Å². The molecule has 0 aliphatic rings. The maximum atomic E-state index is 3.78. The number of hydrogen-bond donors (Lipinski definition) is 1. The molecule has 2 rings (SSSR count). The van der Waals surface area contributed by atoms with Crippen molar-refractivity contribution in [2.75, 3.05) is 12.4 Å². The predicted octanol–water partition coefficient (Wildman–Crippen LogP) is 2.15. The maximum Gasteiger partial charge on any atom is 0.0517 e. The second-order valence-corrected chi connectivity index (χ2v) is 2.84. The fourth-order valence-corrected chi connectivity index (χ4v) is 0.964. The van der Waals surface area contributed by atoms with Crippen LogP contribution in [0.2, 0.25) is 0 Å². The summed E-state index contributed by atoms with van der Waals surface area (Å²) in [5.74, 6) is 0. The molecule has 0 unspecified atom stereocenters. The van der Waals surface area contributed by atoms with Gasteiger partial charge < -0.3 is 9.88 Å². The topological polar surface area (TPSA) is 29.9 Å². The molecule has 2 heterocycles. The van der Waals surface area contributed by atoms with E-state index in [1.54, 1.807) is 12.4 Å². The van der Waals surface area contributed by atoms with E-state index >= 15 is 0 Å². The zero-order valence-electron chi connectivity index (χ0n) is 8.51. The summed E-state index contributed by atoms with van der Waals surface area (Å²) in [6.07, 6.45) is 7.53. The van der Waals surface area contributed by atoms with E-state index in [1.165, 1.54) is 0 Å². The first-order chi connectivity index (χ1) is 6.83. The standard InChI is InChI=1S/C6H10N2.C5H5N/c1-7-6-3-4-8(2)5-6;1-2-4-6-5-3-1/h3-5,7H,1-2H3;1-5H. The molecular weight excluding hydrogens is 174 g/mol. The fourth-order valence-electron chi connectivity index (χ4n) is 0.964. The Kier molecular flexibility index (Phi) is 4.27. The van der Waals surface area contributed by atoms with Crippen LogP contribution >= 0.6 is 0 Å². The van der Waals surface area contributed by atoms with Gasteiger partial charge in [0, 0.05) is 38.9 Å². The Labute approximate surface area is 84.4 Å². The molecule has 0 fully saturated rings. The molecule has 0 saturated carbocycles. The number of nitrogens with one attached hydrogen (secondary N) is 1. The van der Waals surface area contributed by atoms with E-state index in [2.05, 4.69) is 10.3 Å². The van der Waals surface area contributed by atoms with Gasteiger partial charge in [0.15, 0.2) is 0 Å². The highest BCUT2D eigenvalue weighted by Gasteiger charge is 1.85. The zero-order chi connectivity index (χ0) is 10.2. The van der Waals surface area contributed by atoms with Crippen molar-refractivity contribution in [1.29, 1.82) is 0 Å². The van der Waals surface area contributed by atoms with Gasteiger partial charge in [0.25, 0.3) is 0 Å². The number of aromatic nitrogens is 2. The summed E-state index contributed by atoms with van der Waals surface area (Å²) in [7, 11) is 3.91. The van der Waals surface area contributed by atoms with Gasteiger partial charge in [0.1, 0.15) is 0 Å². The lowest BCUT2D eigenvalue weighted by Gasteiger charge is -1.88. The first kappa shape index (κ1) is 10.3. The van der Waals surface area contributed by atoms with Gasteiger partial charge in [0.2, 0.25) is 0 Å². The quantitative estimate of drug-likeness (QED) is 0.745. The SMILES string of the molecule is CNc1ccn(C)c1.c1ccncc1. The summed E-state index contributed by atoms with van der Waals surface area (Å²) < 4.78 is 2.01. The van der Waals surface area contributed by atoms with E-state index in [0.29, 0.717) is 0 Å². The average molecular weight is 189 g/mol. The summed E-state index contributed by atoms with van der Waals surface area (Å²) in [5, 5.41) is 3.03. The minimum Gasteiger partial charge on any atom is -0.387 e. The van der Waals surface area contributed by atoms with Crippen LogP contribution in [0.25, 0.3) is 0 Å². The van der Waals surface area contributed by atoms with E-state index in [0.717, 1.165) is 5.69 Å². The highest BCUT2D eigenvalue weighted by molar-refractivity contribution is 5.39. The molecule has 0 atom stereocenters. The van der Waals surface area contributed by atoms with Crippen LogP contribution in [0.4, 0.5) is 5.69 Å². The molecule has 0 spiro atoms. The highest BCUT2D eigenvalue weighted by Crippen LogP contribution is 2.03. The summed E-state index contributed by atoms with van der Waals surface area (Å²) >= 11 is 0. The predicted molar refractivity (Wildman–Crippen MR) is 59.2 cm³/mol. The minimum atomic E-state index is 1.16. The van der Waals surface area contributed by atoms with Crippen molar-refractivity contribution in [2.24, 2.45) is 7.05 Å². The molecule has 0 aromatic carbocycles. The Balaban J connectivity index is 0.000000146. The Hall–Kier alpha value is -1.77. The first-order valence-corrected chi connectivity index (χ1v) is 4.47.